The Balaban J connectivity index is 2.30. The third-order valence-electron chi connectivity index (χ3n) is 3.57. The van der Waals surface area contributed by atoms with E-state index in [0.717, 1.165) is 0 Å². The topological polar surface area (TPSA) is 79.9 Å². The van der Waals surface area contributed by atoms with Crippen LogP contribution < -0.4 is 10.2 Å². The smallest absolute Gasteiger partial charge is 0.197 e. The molecule has 0 bridgehead atoms. The fraction of sp³-hybridized carbons (Fsp3) is 0.118. The van der Waals surface area contributed by atoms with E-state index in [1.807, 2.05) is 0 Å². The van der Waals surface area contributed by atoms with Crippen LogP contribution in [-0.4, -0.2) is 17.3 Å². The van der Waals surface area contributed by atoms with E-state index in [9.17, 15) is 15.0 Å². The van der Waals surface area contributed by atoms with Crippen molar-refractivity contribution in [2.45, 2.75) is 6.92 Å². The number of hydrogen-bond acceptors (Lipinski definition) is 5. The number of rotatable bonds is 2. The van der Waals surface area contributed by atoms with Crippen molar-refractivity contribution >= 4 is 11.0 Å². The third-order valence-corrected chi connectivity index (χ3v) is 3.57. The lowest BCUT2D eigenvalue weighted by atomic mass is 10.1. The number of phenolic OH excluding ortho intramolecular Hbond substituents is 2. The van der Waals surface area contributed by atoms with Crippen LogP contribution in [0.3, 0.4) is 0 Å². The summed E-state index contributed by atoms with van der Waals surface area (Å²) in [5.74, 6) is 0.779. The SMILES string of the molecule is COc1cc2oc(-c3ccc(O)cc3)cc(=O)c2c(O)c1C. The fourth-order valence-electron chi connectivity index (χ4n) is 2.36. The van der Waals surface area contributed by atoms with Gasteiger partial charge in [0.1, 0.15) is 34.0 Å². The number of methoxy groups -OCH3 is 1. The third kappa shape index (κ3) is 2.16. The first-order valence-electron chi connectivity index (χ1n) is 6.65. The average molecular weight is 298 g/mol. The number of fused-ring (bicyclic) bond motifs is 1. The first-order valence-corrected chi connectivity index (χ1v) is 6.65. The van der Waals surface area contributed by atoms with E-state index in [0.29, 0.717) is 22.6 Å². The number of phenols is 2. The van der Waals surface area contributed by atoms with Crippen molar-refractivity contribution in [2.75, 3.05) is 7.11 Å². The molecule has 0 saturated heterocycles. The van der Waals surface area contributed by atoms with E-state index in [1.54, 1.807) is 25.1 Å². The first kappa shape index (κ1) is 14.0. The lowest BCUT2D eigenvalue weighted by molar-refractivity contribution is 0.403. The normalized spacial score (nSPS) is 10.8. The first-order chi connectivity index (χ1) is 10.5. The molecule has 0 atom stereocenters. The van der Waals surface area contributed by atoms with Crippen molar-refractivity contribution < 1.29 is 19.4 Å². The predicted octanol–water partition coefficient (Wildman–Crippen LogP) is 3.19. The Bertz CT molecular complexity index is 907. The molecule has 0 aliphatic heterocycles. The molecule has 0 fully saturated rings. The molecule has 0 saturated carbocycles. The molecule has 2 N–H and O–H groups in total. The summed E-state index contributed by atoms with van der Waals surface area (Å²) in [7, 11) is 1.48. The molecule has 1 aromatic heterocycles. The molecular weight excluding hydrogens is 284 g/mol. The highest BCUT2D eigenvalue weighted by Gasteiger charge is 2.16. The molecule has 0 aliphatic carbocycles. The summed E-state index contributed by atoms with van der Waals surface area (Å²) >= 11 is 0. The maximum Gasteiger partial charge on any atom is 0.197 e. The second kappa shape index (κ2) is 5.11. The van der Waals surface area contributed by atoms with Crippen LogP contribution in [0.25, 0.3) is 22.3 Å². The van der Waals surface area contributed by atoms with Crippen molar-refractivity contribution in [3.63, 3.8) is 0 Å². The number of aromatic hydroxyl groups is 2. The molecule has 112 valence electrons. The largest absolute Gasteiger partial charge is 0.508 e. The van der Waals surface area contributed by atoms with Gasteiger partial charge < -0.3 is 19.4 Å². The van der Waals surface area contributed by atoms with Gasteiger partial charge in [-0.1, -0.05) is 0 Å². The molecule has 1 heterocycles. The quantitative estimate of drug-likeness (QED) is 0.759. The van der Waals surface area contributed by atoms with Gasteiger partial charge in [-0.15, -0.1) is 0 Å². The Hall–Kier alpha value is -2.95. The lowest BCUT2D eigenvalue weighted by Crippen LogP contribution is -2.02. The molecule has 5 heteroatoms. The van der Waals surface area contributed by atoms with Crippen LogP contribution in [0, 0.1) is 6.92 Å². The summed E-state index contributed by atoms with van der Waals surface area (Å²) in [5, 5.41) is 19.6. The molecule has 3 aromatic rings. The summed E-state index contributed by atoms with van der Waals surface area (Å²) in [5.41, 5.74) is 1.04. The monoisotopic (exact) mass is 298 g/mol. The van der Waals surface area contributed by atoms with E-state index in [1.165, 1.54) is 25.3 Å². The molecule has 0 amide bonds. The van der Waals surface area contributed by atoms with Gasteiger partial charge in [0.05, 0.1) is 7.11 Å². The zero-order valence-corrected chi connectivity index (χ0v) is 12.1. The lowest BCUT2D eigenvalue weighted by Gasteiger charge is -2.10. The van der Waals surface area contributed by atoms with Gasteiger partial charge in [-0.3, -0.25) is 4.79 Å². The van der Waals surface area contributed by atoms with Crippen LogP contribution in [0.1, 0.15) is 5.56 Å². The van der Waals surface area contributed by atoms with Gasteiger partial charge in [-0.2, -0.15) is 0 Å². The molecule has 0 radical (unpaired) electrons. The van der Waals surface area contributed by atoms with Gasteiger partial charge >= 0.3 is 0 Å². The molecule has 3 rings (SSSR count). The molecule has 0 unspecified atom stereocenters. The predicted molar refractivity (Wildman–Crippen MR) is 82.5 cm³/mol. The van der Waals surface area contributed by atoms with Crippen molar-refractivity contribution in [3.05, 3.63) is 52.2 Å². The minimum Gasteiger partial charge on any atom is -0.508 e. The van der Waals surface area contributed by atoms with E-state index < -0.39 is 0 Å². The maximum atomic E-state index is 12.3. The highest BCUT2D eigenvalue weighted by atomic mass is 16.5. The zero-order valence-electron chi connectivity index (χ0n) is 12.1. The van der Waals surface area contributed by atoms with Crippen LogP contribution in [0.15, 0.2) is 45.6 Å². The summed E-state index contributed by atoms with van der Waals surface area (Å²) in [4.78, 5) is 12.3. The van der Waals surface area contributed by atoms with Gasteiger partial charge in [0, 0.05) is 23.3 Å². The van der Waals surface area contributed by atoms with Gasteiger partial charge in [0.15, 0.2) is 5.43 Å². The molecule has 0 aliphatic rings. The highest BCUT2D eigenvalue weighted by molar-refractivity contribution is 5.87. The Morgan fingerprint density at radius 3 is 2.41 bits per heavy atom. The standard InChI is InChI=1S/C17H14O5/c1-9-13(21-2)8-15-16(17(9)20)12(19)7-14(22-15)10-3-5-11(18)6-4-10/h3-8,18,20H,1-2H3. The van der Waals surface area contributed by atoms with Crippen LogP contribution in [0.5, 0.6) is 17.2 Å². The van der Waals surface area contributed by atoms with Gasteiger partial charge in [-0.25, -0.2) is 0 Å². The van der Waals surface area contributed by atoms with Gasteiger partial charge in [0.2, 0.25) is 0 Å². The van der Waals surface area contributed by atoms with Crippen LogP contribution in [-0.2, 0) is 0 Å². The molecule has 2 aromatic carbocycles. The second-order valence-electron chi connectivity index (χ2n) is 4.95. The summed E-state index contributed by atoms with van der Waals surface area (Å²) in [6.07, 6.45) is 0. The van der Waals surface area contributed by atoms with Crippen molar-refractivity contribution in [3.8, 4) is 28.6 Å². The van der Waals surface area contributed by atoms with Crippen molar-refractivity contribution in [2.24, 2.45) is 0 Å². The minimum atomic E-state index is -0.340. The average Bonchev–Trinajstić information content (AvgIpc) is 2.51. The second-order valence-corrected chi connectivity index (χ2v) is 4.95. The van der Waals surface area contributed by atoms with E-state index in [2.05, 4.69) is 0 Å². The highest BCUT2D eigenvalue weighted by Crippen LogP contribution is 2.35. The molecule has 5 nitrogen and oxygen atoms in total. The minimum absolute atomic E-state index is 0.126. The van der Waals surface area contributed by atoms with Crippen LogP contribution in [0.4, 0.5) is 0 Å². The van der Waals surface area contributed by atoms with E-state index in [-0.39, 0.29) is 27.9 Å². The van der Waals surface area contributed by atoms with Crippen molar-refractivity contribution in [1.82, 2.24) is 0 Å². The Labute approximate surface area is 126 Å². The Kier molecular flexibility index (Phi) is 3.25. The van der Waals surface area contributed by atoms with Gasteiger partial charge in [-0.05, 0) is 31.2 Å². The number of hydrogen-bond donors (Lipinski definition) is 2. The summed E-state index contributed by atoms with van der Waals surface area (Å²) in [6.45, 7) is 1.67. The molecular formula is C17H14O5. The molecule has 22 heavy (non-hydrogen) atoms. The summed E-state index contributed by atoms with van der Waals surface area (Å²) < 4.78 is 10.9. The molecule has 0 spiro atoms. The number of benzene rings is 2. The van der Waals surface area contributed by atoms with Gasteiger partial charge in [0.25, 0.3) is 0 Å². The van der Waals surface area contributed by atoms with Crippen LogP contribution >= 0.6 is 0 Å². The Morgan fingerprint density at radius 2 is 1.77 bits per heavy atom. The van der Waals surface area contributed by atoms with E-state index in [4.69, 9.17) is 9.15 Å². The zero-order chi connectivity index (χ0) is 15.9. The van der Waals surface area contributed by atoms with Crippen LogP contribution in [0.2, 0.25) is 0 Å². The van der Waals surface area contributed by atoms with Crippen molar-refractivity contribution in [1.29, 1.82) is 0 Å². The van der Waals surface area contributed by atoms with E-state index >= 15 is 0 Å². The number of ether oxygens (including phenoxy) is 1. The Morgan fingerprint density at radius 1 is 1.09 bits per heavy atom. The fourth-order valence-corrected chi connectivity index (χ4v) is 2.36. The summed E-state index contributed by atoms with van der Waals surface area (Å²) in [6, 6.07) is 9.20. The maximum absolute atomic E-state index is 12.3.